The average Bonchev–Trinajstić information content (AvgIpc) is 2.62. The second-order valence-electron chi connectivity index (χ2n) is 6.31. The van der Waals surface area contributed by atoms with E-state index in [4.69, 9.17) is 9.47 Å². The van der Waals surface area contributed by atoms with E-state index in [0.29, 0.717) is 11.5 Å². The maximum Gasteiger partial charge on any atom is 0.379 e. The zero-order chi connectivity index (χ0) is 19.9. The molecule has 0 atom stereocenters. The molecule has 0 spiro atoms. The van der Waals surface area contributed by atoms with Gasteiger partial charge in [0.2, 0.25) is 0 Å². The van der Waals surface area contributed by atoms with Crippen molar-refractivity contribution in [3.63, 3.8) is 0 Å². The third kappa shape index (κ3) is 5.66. The number of benzene rings is 2. The van der Waals surface area contributed by atoms with Crippen molar-refractivity contribution < 1.29 is 19.1 Å². The van der Waals surface area contributed by atoms with Crippen LogP contribution >= 0.6 is 31.9 Å². The molecule has 0 bridgehead atoms. The highest BCUT2D eigenvalue weighted by Crippen LogP contribution is 2.42. The normalized spacial score (nSPS) is 11.1. The number of carbonyl (C=O) groups is 2. The van der Waals surface area contributed by atoms with E-state index in [1.807, 2.05) is 48.5 Å². The van der Waals surface area contributed by atoms with Crippen molar-refractivity contribution in [1.82, 2.24) is 0 Å². The van der Waals surface area contributed by atoms with Gasteiger partial charge in [-0.25, -0.2) is 9.59 Å². The summed E-state index contributed by atoms with van der Waals surface area (Å²) in [6.07, 6.45) is 4.01. The number of hydrogen-bond donors (Lipinski definition) is 0. The van der Waals surface area contributed by atoms with E-state index >= 15 is 0 Å². The van der Waals surface area contributed by atoms with Gasteiger partial charge in [-0.2, -0.15) is 0 Å². The van der Waals surface area contributed by atoms with Crippen LogP contribution in [0.1, 0.15) is 50.7 Å². The summed E-state index contributed by atoms with van der Waals surface area (Å²) in [7, 11) is 0. The van der Waals surface area contributed by atoms with Crippen LogP contribution in [0, 0.1) is 0 Å². The molecule has 0 saturated heterocycles. The van der Waals surface area contributed by atoms with Crippen LogP contribution in [0.25, 0.3) is 0 Å². The van der Waals surface area contributed by atoms with Crippen molar-refractivity contribution in [3.8, 4) is 11.5 Å². The van der Waals surface area contributed by atoms with Gasteiger partial charge in [-0.1, -0.05) is 51.0 Å². The third-order valence-corrected chi connectivity index (χ3v) is 4.89. The minimum Gasteiger partial charge on any atom is -0.418 e. The van der Waals surface area contributed by atoms with E-state index in [-0.39, 0.29) is 5.41 Å². The standard InChI is InChI=1S/C21H22Br2O4/c1-3-13-21(14-4-2,15-5-9-17(10-6-15)26-19(22)24)16-7-11-18(12-8-16)27-20(23)25/h5-12H,3-4,13-14H2,1-2H3. The number of rotatable bonds is 8. The molecule has 0 amide bonds. The molecule has 0 aliphatic heterocycles. The van der Waals surface area contributed by atoms with E-state index in [2.05, 4.69) is 45.7 Å². The van der Waals surface area contributed by atoms with Crippen LogP contribution in [0.3, 0.4) is 0 Å². The van der Waals surface area contributed by atoms with Gasteiger partial charge in [0.05, 0.1) is 0 Å². The van der Waals surface area contributed by atoms with Gasteiger partial charge in [0.1, 0.15) is 11.5 Å². The van der Waals surface area contributed by atoms with Crippen LogP contribution in [0.15, 0.2) is 48.5 Å². The number of halogens is 2. The molecule has 2 rings (SSSR count). The molecule has 144 valence electrons. The first-order valence-electron chi connectivity index (χ1n) is 8.87. The largest absolute Gasteiger partial charge is 0.418 e. The number of carbonyl (C=O) groups excluding carboxylic acids is 2. The van der Waals surface area contributed by atoms with Gasteiger partial charge in [0.15, 0.2) is 0 Å². The lowest BCUT2D eigenvalue weighted by Crippen LogP contribution is -2.27. The lowest BCUT2D eigenvalue weighted by molar-refractivity contribution is 0.227. The highest BCUT2D eigenvalue weighted by Gasteiger charge is 2.32. The van der Waals surface area contributed by atoms with E-state index < -0.39 is 9.76 Å². The first-order valence-corrected chi connectivity index (χ1v) is 10.5. The monoisotopic (exact) mass is 496 g/mol. The number of ether oxygens (including phenoxy) is 2. The second-order valence-corrected chi connectivity index (χ2v) is 7.61. The van der Waals surface area contributed by atoms with Gasteiger partial charge in [-0.15, -0.1) is 0 Å². The molecule has 0 radical (unpaired) electrons. The Morgan fingerprint density at radius 1 is 0.741 bits per heavy atom. The molecule has 0 saturated carbocycles. The summed E-state index contributed by atoms with van der Waals surface area (Å²) in [6, 6.07) is 15.3. The summed E-state index contributed by atoms with van der Waals surface area (Å²) >= 11 is 5.56. The van der Waals surface area contributed by atoms with Gasteiger partial charge in [-0.3, -0.25) is 0 Å². The van der Waals surface area contributed by atoms with E-state index in [0.717, 1.165) is 25.7 Å². The quantitative estimate of drug-likeness (QED) is 0.357. The molecule has 0 aromatic heterocycles. The Hall–Kier alpha value is -1.66. The highest BCUT2D eigenvalue weighted by atomic mass is 79.9. The van der Waals surface area contributed by atoms with Crippen LogP contribution in [-0.2, 0) is 5.41 Å². The first kappa shape index (κ1) is 21.6. The van der Waals surface area contributed by atoms with Crippen molar-refractivity contribution in [2.24, 2.45) is 0 Å². The molecule has 6 heteroatoms. The molecule has 0 aliphatic rings. The van der Waals surface area contributed by atoms with Crippen LogP contribution in [0.5, 0.6) is 11.5 Å². The minimum atomic E-state index is -0.513. The summed E-state index contributed by atoms with van der Waals surface area (Å²) < 4.78 is 10.2. The van der Waals surface area contributed by atoms with Gasteiger partial charge >= 0.3 is 9.76 Å². The van der Waals surface area contributed by atoms with Crippen LogP contribution in [-0.4, -0.2) is 9.76 Å². The molecule has 0 fully saturated rings. The Morgan fingerprint density at radius 3 is 1.33 bits per heavy atom. The van der Waals surface area contributed by atoms with E-state index in [9.17, 15) is 9.59 Å². The Bertz CT molecular complexity index is 702. The highest BCUT2D eigenvalue weighted by molar-refractivity contribution is 9.18. The molecule has 0 N–H and O–H groups in total. The van der Waals surface area contributed by atoms with Crippen LogP contribution < -0.4 is 9.47 Å². The fraction of sp³-hybridized carbons (Fsp3) is 0.333. The van der Waals surface area contributed by atoms with Gasteiger partial charge < -0.3 is 9.47 Å². The van der Waals surface area contributed by atoms with Crippen molar-refractivity contribution >= 4 is 41.6 Å². The van der Waals surface area contributed by atoms with Gasteiger partial charge in [-0.05, 0) is 48.2 Å². The molecular formula is C21H22Br2O4. The molecule has 0 heterocycles. The van der Waals surface area contributed by atoms with Crippen molar-refractivity contribution in [3.05, 3.63) is 59.7 Å². The summed E-state index contributed by atoms with van der Waals surface area (Å²) in [6.45, 7) is 4.35. The summed E-state index contributed by atoms with van der Waals surface area (Å²) in [5.41, 5.74) is 2.19. The van der Waals surface area contributed by atoms with E-state index in [1.165, 1.54) is 11.1 Å². The SMILES string of the molecule is CCCC(CCC)(c1ccc(OC(=O)Br)cc1)c1ccc(OC(=O)Br)cc1. The van der Waals surface area contributed by atoms with E-state index in [1.54, 1.807) is 0 Å². The smallest absolute Gasteiger partial charge is 0.379 e. The summed E-state index contributed by atoms with van der Waals surface area (Å²) in [5, 5.41) is 0. The molecule has 2 aromatic carbocycles. The molecule has 27 heavy (non-hydrogen) atoms. The fourth-order valence-corrected chi connectivity index (χ4v) is 3.97. The third-order valence-electron chi connectivity index (χ3n) is 4.56. The molecule has 0 unspecified atom stereocenters. The summed E-state index contributed by atoms with van der Waals surface area (Å²) in [4.78, 5) is 21.1. The van der Waals surface area contributed by atoms with Gasteiger partial charge in [0, 0.05) is 37.3 Å². The predicted molar refractivity (Wildman–Crippen MR) is 113 cm³/mol. The molecule has 0 aliphatic carbocycles. The Kier molecular flexibility index (Phi) is 8.05. The zero-order valence-corrected chi connectivity index (χ0v) is 18.5. The predicted octanol–water partition coefficient (Wildman–Crippen LogP) is 7.36. The fourth-order valence-electron chi connectivity index (χ4n) is 3.59. The maximum atomic E-state index is 11.1. The first-order chi connectivity index (χ1) is 12.9. The summed E-state index contributed by atoms with van der Waals surface area (Å²) in [5.74, 6) is 1.00. The molecular weight excluding hydrogens is 476 g/mol. The van der Waals surface area contributed by atoms with Crippen LogP contribution in [0.4, 0.5) is 9.59 Å². The minimum absolute atomic E-state index is 0.155. The lowest BCUT2D eigenvalue weighted by atomic mass is 9.68. The second kappa shape index (κ2) is 10.0. The topological polar surface area (TPSA) is 52.6 Å². The van der Waals surface area contributed by atoms with Crippen molar-refractivity contribution in [1.29, 1.82) is 0 Å². The number of hydrogen-bond acceptors (Lipinski definition) is 4. The molecule has 2 aromatic rings. The average molecular weight is 498 g/mol. The molecule has 4 nitrogen and oxygen atoms in total. The van der Waals surface area contributed by atoms with Crippen LogP contribution in [0.2, 0.25) is 0 Å². The lowest BCUT2D eigenvalue weighted by Gasteiger charge is -2.35. The van der Waals surface area contributed by atoms with Gasteiger partial charge in [0.25, 0.3) is 0 Å². The maximum absolute atomic E-state index is 11.1. The Morgan fingerprint density at radius 2 is 1.07 bits per heavy atom. The Balaban J connectivity index is 2.45. The van der Waals surface area contributed by atoms with Crippen molar-refractivity contribution in [2.75, 3.05) is 0 Å². The zero-order valence-electron chi connectivity index (χ0n) is 15.3. The Labute approximate surface area is 176 Å². The van der Waals surface area contributed by atoms with Crippen molar-refractivity contribution in [2.45, 2.75) is 44.9 Å².